The van der Waals surface area contributed by atoms with Crippen molar-refractivity contribution in [3.8, 4) is 5.75 Å². The molecule has 5 heteroatoms. The number of amides is 2. The number of rotatable bonds is 2. The highest BCUT2D eigenvalue weighted by atomic mass is 16.5. The van der Waals surface area contributed by atoms with Crippen molar-refractivity contribution in [2.45, 2.75) is 45.1 Å². The summed E-state index contributed by atoms with van der Waals surface area (Å²) in [6, 6.07) is 5.60. The number of carbonyl (C=O) groups is 2. The molecule has 2 aliphatic rings. The lowest BCUT2D eigenvalue weighted by atomic mass is 10.1. The summed E-state index contributed by atoms with van der Waals surface area (Å²) in [6.07, 6.45) is 5.50. The number of hydrogen-bond acceptors (Lipinski definition) is 3. The van der Waals surface area contributed by atoms with E-state index in [1.165, 1.54) is 12.8 Å². The second kappa shape index (κ2) is 6.38. The van der Waals surface area contributed by atoms with E-state index in [0.717, 1.165) is 25.8 Å². The van der Waals surface area contributed by atoms with E-state index in [2.05, 4.69) is 12.2 Å². The molecule has 1 aromatic rings. The first-order valence-electron chi connectivity index (χ1n) is 8.06. The Balaban J connectivity index is 1.84. The Morgan fingerprint density at radius 2 is 2.23 bits per heavy atom. The van der Waals surface area contributed by atoms with E-state index in [9.17, 15) is 9.59 Å². The Hall–Kier alpha value is -2.04. The number of nitrogens with one attached hydrogen (secondary N) is 1. The Kier molecular flexibility index (Phi) is 4.32. The molecule has 1 saturated heterocycles. The molecule has 0 bridgehead atoms. The van der Waals surface area contributed by atoms with Crippen LogP contribution >= 0.6 is 0 Å². The number of nitrogens with zero attached hydrogens (tertiary/aromatic N) is 1. The normalized spacial score (nSPS) is 21.4. The molecule has 0 aliphatic carbocycles. The topological polar surface area (TPSA) is 58.6 Å². The van der Waals surface area contributed by atoms with Gasteiger partial charge in [-0.15, -0.1) is 0 Å². The Labute approximate surface area is 130 Å². The van der Waals surface area contributed by atoms with Crippen molar-refractivity contribution in [3.05, 3.63) is 23.8 Å². The third-order valence-electron chi connectivity index (χ3n) is 4.47. The van der Waals surface area contributed by atoms with E-state index in [1.807, 2.05) is 4.90 Å². The molecule has 0 aromatic heterocycles. The van der Waals surface area contributed by atoms with Crippen molar-refractivity contribution in [2.24, 2.45) is 0 Å². The predicted molar refractivity (Wildman–Crippen MR) is 84.2 cm³/mol. The maximum Gasteiger partial charge on any atom is 0.262 e. The maximum absolute atomic E-state index is 12.9. The predicted octanol–water partition coefficient (Wildman–Crippen LogP) is 2.81. The first kappa shape index (κ1) is 14.9. The van der Waals surface area contributed by atoms with Gasteiger partial charge in [0.15, 0.2) is 6.61 Å². The highest BCUT2D eigenvalue weighted by Gasteiger charge is 2.26. The van der Waals surface area contributed by atoms with E-state index in [-0.39, 0.29) is 18.4 Å². The van der Waals surface area contributed by atoms with Gasteiger partial charge in [0.25, 0.3) is 11.8 Å². The van der Waals surface area contributed by atoms with Gasteiger partial charge in [0.1, 0.15) is 5.75 Å². The quantitative estimate of drug-likeness (QED) is 0.914. The fourth-order valence-electron chi connectivity index (χ4n) is 3.25. The van der Waals surface area contributed by atoms with Crippen LogP contribution in [-0.2, 0) is 4.79 Å². The molecule has 3 rings (SSSR count). The third-order valence-corrected chi connectivity index (χ3v) is 4.47. The zero-order chi connectivity index (χ0) is 15.5. The second-order valence-corrected chi connectivity index (χ2v) is 5.96. The number of fused-ring (bicyclic) bond motifs is 1. The van der Waals surface area contributed by atoms with Crippen molar-refractivity contribution in [1.82, 2.24) is 4.90 Å². The molecule has 1 N–H and O–H groups in total. The van der Waals surface area contributed by atoms with Crippen LogP contribution < -0.4 is 10.1 Å². The molecule has 0 unspecified atom stereocenters. The number of likely N-dealkylation sites (tertiary alicyclic amines) is 1. The zero-order valence-corrected chi connectivity index (χ0v) is 12.9. The Bertz CT molecular complexity index is 585. The van der Waals surface area contributed by atoms with Gasteiger partial charge in [-0.2, -0.15) is 0 Å². The summed E-state index contributed by atoms with van der Waals surface area (Å²) in [6.45, 7) is 2.98. The van der Waals surface area contributed by atoms with Crippen molar-refractivity contribution in [2.75, 3.05) is 18.5 Å². The van der Waals surface area contributed by atoms with Crippen molar-refractivity contribution in [3.63, 3.8) is 0 Å². The van der Waals surface area contributed by atoms with Crippen molar-refractivity contribution in [1.29, 1.82) is 0 Å². The van der Waals surface area contributed by atoms with Gasteiger partial charge in [-0.3, -0.25) is 9.59 Å². The fourth-order valence-corrected chi connectivity index (χ4v) is 3.25. The third kappa shape index (κ3) is 2.93. The standard InChI is InChI=1S/C17H22N2O3/c1-2-13-6-4-3-5-9-19(13)17(21)12-7-8-15-14(10-12)18-16(20)11-22-15/h7-8,10,13H,2-6,9,11H2,1H3,(H,18,20)/t13-/m1/s1. The average Bonchev–Trinajstić information content (AvgIpc) is 2.78. The smallest absolute Gasteiger partial charge is 0.262 e. The highest BCUT2D eigenvalue weighted by Crippen LogP contribution is 2.30. The van der Waals surface area contributed by atoms with Gasteiger partial charge in [-0.05, 0) is 37.5 Å². The molecular formula is C17H22N2O3. The minimum atomic E-state index is -0.182. The van der Waals surface area contributed by atoms with Crippen LogP contribution in [0.4, 0.5) is 5.69 Å². The lowest BCUT2D eigenvalue weighted by molar-refractivity contribution is -0.118. The monoisotopic (exact) mass is 302 g/mol. The van der Waals surface area contributed by atoms with Gasteiger partial charge >= 0.3 is 0 Å². The van der Waals surface area contributed by atoms with Crippen LogP contribution in [0.1, 0.15) is 49.4 Å². The van der Waals surface area contributed by atoms with E-state index in [0.29, 0.717) is 23.0 Å². The molecule has 2 amide bonds. The molecule has 0 saturated carbocycles. The largest absolute Gasteiger partial charge is 0.482 e. The van der Waals surface area contributed by atoms with Crippen molar-refractivity contribution < 1.29 is 14.3 Å². The van der Waals surface area contributed by atoms with Crippen LogP contribution in [-0.4, -0.2) is 35.9 Å². The van der Waals surface area contributed by atoms with Crippen LogP contribution in [0.2, 0.25) is 0 Å². The number of ether oxygens (including phenoxy) is 1. The van der Waals surface area contributed by atoms with E-state index in [4.69, 9.17) is 4.74 Å². The number of anilines is 1. The second-order valence-electron chi connectivity index (χ2n) is 5.96. The molecule has 1 aromatic carbocycles. The Morgan fingerprint density at radius 1 is 1.36 bits per heavy atom. The molecule has 1 fully saturated rings. The lowest BCUT2D eigenvalue weighted by Crippen LogP contribution is -2.39. The minimum absolute atomic E-state index is 0.0321. The van der Waals surface area contributed by atoms with Gasteiger partial charge in [-0.25, -0.2) is 0 Å². The first-order valence-corrected chi connectivity index (χ1v) is 8.06. The molecule has 22 heavy (non-hydrogen) atoms. The van der Waals surface area contributed by atoms with Crippen LogP contribution in [0, 0.1) is 0 Å². The van der Waals surface area contributed by atoms with Crippen molar-refractivity contribution >= 4 is 17.5 Å². The van der Waals surface area contributed by atoms with Gasteiger partial charge in [-0.1, -0.05) is 19.8 Å². The summed E-state index contributed by atoms with van der Waals surface area (Å²) in [5, 5.41) is 2.76. The first-order chi connectivity index (χ1) is 10.7. The summed E-state index contributed by atoms with van der Waals surface area (Å²) in [5.41, 5.74) is 1.20. The lowest BCUT2D eigenvalue weighted by Gasteiger charge is -2.30. The number of benzene rings is 1. The molecule has 1 atom stereocenters. The molecule has 0 radical (unpaired) electrons. The maximum atomic E-state index is 12.9. The number of carbonyl (C=O) groups excluding carboxylic acids is 2. The van der Waals surface area contributed by atoms with E-state index < -0.39 is 0 Å². The molecule has 0 spiro atoms. The summed E-state index contributed by atoms with van der Waals surface area (Å²) in [7, 11) is 0. The molecular weight excluding hydrogens is 280 g/mol. The Morgan fingerprint density at radius 3 is 3.05 bits per heavy atom. The van der Waals surface area contributed by atoms with Crippen LogP contribution in [0.5, 0.6) is 5.75 Å². The van der Waals surface area contributed by atoms with E-state index >= 15 is 0 Å². The molecule has 2 aliphatic heterocycles. The molecule has 2 heterocycles. The highest BCUT2D eigenvalue weighted by molar-refractivity contribution is 6.00. The summed E-state index contributed by atoms with van der Waals surface area (Å²) < 4.78 is 5.34. The van der Waals surface area contributed by atoms with E-state index in [1.54, 1.807) is 18.2 Å². The van der Waals surface area contributed by atoms with Crippen LogP contribution in [0.15, 0.2) is 18.2 Å². The summed E-state index contributed by atoms with van der Waals surface area (Å²) in [5.74, 6) is 0.494. The van der Waals surface area contributed by atoms with Crippen LogP contribution in [0.25, 0.3) is 0 Å². The summed E-state index contributed by atoms with van der Waals surface area (Å²) >= 11 is 0. The van der Waals surface area contributed by atoms with Gasteiger partial charge in [0.05, 0.1) is 5.69 Å². The zero-order valence-electron chi connectivity index (χ0n) is 12.9. The SMILES string of the molecule is CC[C@@H]1CCCCCN1C(=O)c1ccc2c(c1)NC(=O)CO2. The van der Waals surface area contributed by atoms with Crippen LogP contribution in [0.3, 0.4) is 0 Å². The fraction of sp³-hybridized carbons (Fsp3) is 0.529. The number of hydrogen-bond donors (Lipinski definition) is 1. The van der Waals surface area contributed by atoms with Gasteiger partial charge in [0, 0.05) is 18.2 Å². The van der Waals surface area contributed by atoms with Gasteiger partial charge < -0.3 is 15.0 Å². The van der Waals surface area contributed by atoms with Gasteiger partial charge in [0.2, 0.25) is 0 Å². The molecule has 118 valence electrons. The average molecular weight is 302 g/mol. The molecule has 5 nitrogen and oxygen atoms in total. The minimum Gasteiger partial charge on any atom is -0.482 e. The summed E-state index contributed by atoms with van der Waals surface area (Å²) in [4.78, 5) is 26.3.